The number of benzene rings is 2. The molecule has 1 aliphatic rings. The molecule has 4 rings (SSSR count). The molecule has 1 heterocycles. The molecule has 2 aromatic carbocycles. The Labute approximate surface area is 217 Å². The first kappa shape index (κ1) is 25.8. The second kappa shape index (κ2) is 11.6. The summed E-state index contributed by atoms with van der Waals surface area (Å²) in [5.74, 6) is 3.10. The van der Waals surface area contributed by atoms with E-state index >= 15 is 0 Å². The van der Waals surface area contributed by atoms with Crippen LogP contribution >= 0.6 is 11.8 Å². The quantitative estimate of drug-likeness (QED) is 0.291. The van der Waals surface area contributed by atoms with Crippen molar-refractivity contribution in [3.63, 3.8) is 0 Å². The maximum absolute atomic E-state index is 12.4. The van der Waals surface area contributed by atoms with Crippen LogP contribution in [0.3, 0.4) is 0 Å². The lowest BCUT2D eigenvalue weighted by Crippen LogP contribution is -2.25. The number of likely N-dealkylation sites (N-methyl/N-ethyl adjacent to an activating group) is 1. The lowest BCUT2D eigenvalue weighted by molar-refractivity contribution is 0.0951. The largest absolute Gasteiger partial charge is 0.493 e. The SMILES string of the molecule is COc1ccc(CCN(C)c2nc(SCc3cccc(C(=O)NC4CC4)c3)nc(C)c2C)cc1OC. The van der Waals surface area contributed by atoms with E-state index in [0.29, 0.717) is 17.4 Å². The van der Waals surface area contributed by atoms with Gasteiger partial charge in [-0.3, -0.25) is 4.79 Å². The van der Waals surface area contributed by atoms with Gasteiger partial charge in [0.2, 0.25) is 0 Å². The third-order valence-electron chi connectivity index (χ3n) is 6.36. The Bertz CT molecular complexity index is 1230. The van der Waals surface area contributed by atoms with E-state index in [0.717, 1.165) is 65.1 Å². The van der Waals surface area contributed by atoms with Gasteiger partial charge in [0.05, 0.1) is 14.2 Å². The number of thioether (sulfide) groups is 1. The molecule has 0 unspecified atom stereocenters. The number of rotatable bonds is 11. The molecule has 0 saturated heterocycles. The lowest BCUT2D eigenvalue weighted by atomic mass is 10.1. The highest BCUT2D eigenvalue weighted by atomic mass is 32.2. The van der Waals surface area contributed by atoms with Gasteiger partial charge in [-0.25, -0.2) is 9.97 Å². The van der Waals surface area contributed by atoms with Crippen LogP contribution < -0.4 is 19.7 Å². The molecule has 0 atom stereocenters. The summed E-state index contributed by atoms with van der Waals surface area (Å²) in [4.78, 5) is 24.2. The van der Waals surface area contributed by atoms with Crippen molar-refractivity contribution in [1.29, 1.82) is 0 Å². The number of nitrogens with zero attached hydrogens (tertiary/aromatic N) is 3. The number of amides is 1. The lowest BCUT2D eigenvalue weighted by Gasteiger charge is -2.22. The highest BCUT2D eigenvalue weighted by Gasteiger charge is 2.23. The standard InChI is InChI=1S/C28H34N4O3S/c1-18-19(2)29-28(36-17-21-7-6-8-22(15-21)27(33)30-23-10-11-23)31-26(18)32(3)14-13-20-9-12-24(34-4)25(16-20)35-5/h6-9,12,15-16,23H,10-11,13-14,17H2,1-5H3,(H,30,33). The number of aryl methyl sites for hydroxylation is 1. The first-order valence-corrected chi connectivity index (χ1v) is 13.2. The average Bonchev–Trinajstić information content (AvgIpc) is 3.71. The number of nitrogens with one attached hydrogen (secondary N) is 1. The highest BCUT2D eigenvalue weighted by Crippen LogP contribution is 2.29. The molecule has 1 N–H and O–H groups in total. The summed E-state index contributed by atoms with van der Waals surface area (Å²) in [6, 6.07) is 14.2. The van der Waals surface area contributed by atoms with Crippen LogP contribution in [0.15, 0.2) is 47.6 Å². The van der Waals surface area contributed by atoms with Crippen LogP contribution in [0.4, 0.5) is 5.82 Å². The molecule has 7 nitrogen and oxygen atoms in total. The van der Waals surface area contributed by atoms with Crippen molar-refractivity contribution in [1.82, 2.24) is 15.3 Å². The van der Waals surface area contributed by atoms with Gasteiger partial charge in [-0.15, -0.1) is 0 Å². The van der Waals surface area contributed by atoms with E-state index in [1.165, 1.54) is 5.56 Å². The predicted molar refractivity (Wildman–Crippen MR) is 145 cm³/mol. The number of ether oxygens (including phenoxy) is 2. The molecule has 190 valence electrons. The molecule has 1 aromatic heterocycles. The second-order valence-electron chi connectivity index (χ2n) is 9.14. The van der Waals surface area contributed by atoms with Crippen LogP contribution in [0.5, 0.6) is 11.5 Å². The molecule has 0 bridgehead atoms. The zero-order chi connectivity index (χ0) is 25.7. The molecule has 1 fully saturated rings. The van der Waals surface area contributed by atoms with Crippen LogP contribution in [0.25, 0.3) is 0 Å². The molecule has 3 aromatic rings. The minimum Gasteiger partial charge on any atom is -0.493 e. The van der Waals surface area contributed by atoms with Gasteiger partial charge < -0.3 is 19.7 Å². The molecule has 1 saturated carbocycles. The van der Waals surface area contributed by atoms with Crippen molar-refractivity contribution < 1.29 is 14.3 Å². The van der Waals surface area contributed by atoms with Gasteiger partial charge in [0, 0.05) is 42.2 Å². The van der Waals surface area contributed by atoms with Gasteiger partial charge in [0.1, 0.15) is 5.82 Å². The fourth-order valence-electron chi connectivity index (χ4n) is 3.91. The Morgan fingerprint density at radius 2 is 1.83 bits per heavy atom. The number of hydrogen-bond donors (Lipinski definition) is 1. The van der Waals surface area contributed by atoms with E-state index in [1.807, 2.05) is 43.3 Å². The molecular formula is C28H34N4O3S. The van der Waals surface area contributed by atoms with Crippen LogP contribution in [0.1, 0.15) is 45.6 Å². The molecule has 8 heteroatoms. The van der Waals surface area contributed by atoms with Crippen molar-refractivity contribution in [3.8, 4) is 11.5 Å². The van der Waals surface area contributed by atoms with Gasteiger partial charge in [0.15, 0.2) is 16.7 Å². The van der Waals surface area contributed by atoms with Crippen LogP contribution in [0, 0.1) is 13.8 Å². The number of anilines is 1. The van der Waals surface area contributed by atoms with E-state index < -0.39 is 0 Å². The number of aromatic nitrogens is 2. The smallest absolute Gasteiger partial charge is 0.251 e. The van der Waals surface area contributed by atoms with E-state index in [9.17, 15) is 4.79 Å². The monoisotopic (exact) mass is 506 g/mol. The Morgan fingerprint density at radius 1 is 1.06 bits per heavy atom. The number of carbonyl (C=O) groups is 1. The van der Waals surface area contributed by atoms with Crippen LogP contribution in [0.2, 0.25) is 0 Å². The van der Waals surface area contributed by atoms with E-state index in [2.05, 4.69) is 30.3 Å². The Hall–Kier alpha value is -3.26. The highest BCUT2D eigenvalue weighted by molar-refractivity contribution is 7.98. The second-order valence-corrected chi connectivity index (χ2v) is 10.1. The maximum Gasteiger partial charge on any atom is 0.251 e. The zero-order valence-electron chi connectivity index (χ0n) is 21.6. The summed E-state index contributed by atoms with van der Waals surface area (Å²) in [5.41, 5.74) is 5.00. The van der Waals surface area contributed by atoms with Gasteiger partial charge in [-0.05, 0) is 68.5 Å². The fraction of sp³-hybridized carbons (Fsp3) is 0.393. The molecular weight excluding hydrogens is 472 g/mol. The normalized spacial score (nSPS) is 12.8. The molecule has 0 spiro atoms. The molecule has 36 heavy (non-hydrogen) atoms. The summed E-state index contributed by atoms with van der Waals surface area (Å²) in [6.07, 6.45) is 3.00. The van der Waals surface area contributed by atoms with E-state index in [1.54, 1.807) is 26.0 Å². The topological polar surface area (TPSA) is 76.6 Å². The number of methoxy groups -OCH3 is 2. The maximum atomic E-state index is 12.4. The third kappa shape index (κ3) is 6.49. The molecule has 1 aliphatic carbocycles. The average molecular weight is 507 g/mol. The summed E-state index contributed by atoms with van der Waals surface area (Å²) >= 11 is 1.59. The minimum atomic E-state index is 0.00479. The van der Waals surface area contributed by atoms with Crippen molar-refractivity contribution in [2.75, 3.05) is 32.7 Å². The van der Waals surface area contributed by atoms with Gasteiger partial charge in [-0.2, -0.15) is 0 Å². The summed E-state index contributed by atoms with van der Waals surface area (Å²) in [7, 11) is 5.36. The predicted octanol–water partition coefficient (Wildman–Crippen LogP) is 4.97. The molecule has 1 amide bonds. The molecule has 0 aliphatic heterocycles. The minimum absolute atomic E-state index is 0.00479. The van der Waals surface area contributed by atoms with Crippen molar-refractivity contribution in [2.24, 2.45) is 0 Å². The summed E-state index contributed by atoms with van der Waals surface area (Å²) in [6.45, 7) is 4.89. The van der Waals surface area contributed by atoms with E-state index in [4.69, 9.17) is 19.4 Å². The Balaban J connectivity index is 1.41. The first-order chi connectivity index (χ1) is 17.4. The first-order valence-electron chi connectivity index (χ1n) is 12.2. The van der Waals surface area contributed by atoms with Gasteiger partial charge in [-0.1, -0.05) is 30.0 Å². The fourth-order valence-corrected chi connectivity index (χ4v) is 4.74. The third-order valence-corrected chi connectivity index (χ3v) is 7.28. The molecule has 0 radical (unpaired) electrons. The van der Waals surface area contributed by atoms with Crippen molar-refractivity contribution in [3.05, 3.63) is 70.4 Å². The van der Waals surface area contributed by atoms with Crippen molar-refractivity contribution in [2.45, 2.75) is 50.1 Å². The summed E-state index contributed by atoms with van der Waals surface area (Å²) < 4.78 is 10.8. The van der Waals surface area contributed by atoms with Crippen molar-refractivity contribution >= 4 is 23.5 Å². The Kier molecular flexibility index (Phi) is 8.36. The zero-order valence-corrected chi connectivity index (χ0v) is 22.4. The van der Waals surface area contributed by atoms with E-state index in [-0.39, 0.29) is 5.91 Å². The summed E-state index contributed by atoms with van der Waals surface area (Å²) in [5, 5.41) is 3.79. The Morgan fingerprint density at radius 3 is 2.56 bits per heavy atom. The number of carbonyl (C=O) groups excluding carboxylic acids is 1. The van der Waals surface area contributed by atoms with Gasteiger partial charge >= 0.3 is 0 Å². The van der Waals surface area contributed by atoms with Crippen LogP contribution in [-0.2, 0) is 12.2 Å². The van der Waals surface area contributed by atoms with Gasteiger partial charge in [0.25, 0.3) is 5.91 Å². The van der Waals surface area contributed by atoms with Crippen LogP contribution in [-0.4, -0.2) is 49.7 Å². The number of hydrogen-bond acceptors (Lipinski definition) is 7.